The molecule has 22 heavy (non-hydrogen) atoms. The van der Waals surface area contributed by atoms with Gasteiger partial charge in [0.25, 0.3) is 0 Å². The lowest BCUT2D eigenvalue weighted by molar-refractivity contribution is -0.255. The fraction of sp³-hybridized carbons (Fsp3) is 0.125. The van der Waals surface area contributed by atoms with E-state index in [9.17, 15) is 9.90 Å². The number of rotatable bonds is 4. The second-order valence-electron chi connectivity index (χ2n) is 4.64. The Morgan fingerprint density at radius 2 is 1.82 bits per heavy atom. The number of benzene rings is 2. The van der Waals surface area contributed by atoms with Crippen molar-refractivity contribution in [3.8, 4) is 11.5 Å². The Kier molecular flexibility index (Phi) is 3.91. The van der Waals surface area contributed by atoms with E-state index in [0.29, 0.717) is 24.7 Å². The second kappa shape index (κ2) is 6.17. The molecule has 1 aliphatic rings. The van der Waals surface area contributed by atoms with Gasteiger partial charge in [0.1, 0.15) is 13.2 Å². The van der Waals surface area contributed by atoms with Gasteiger partial charge in [-0.3, -0.25) is 5.43 Å². The highest BCUT2D eigenvalue weighted by Gasteiger charge is 2.10. The summed E-state index contributed by atoms with van der Waals surface area (Å²) in [5.74, 6) is 0.231. The number of carboxylic acids is 1. The lowest BCUT2D eigenvalue weighted by Gasteiger charge is -2.18. The third kappa shape index (κ3) is 3.17. The minimum atomic E-state index is -1.20. The van der Waals surface area contributed by atoms with E-state index in [1.54, 1.807) is 18.3 Å². The smallest absolute Gasteiger partial charge is 0.162 e. The third-order valence-electron chi connectivity index (χ3n) is 3.09. The highest BCUT2D eigenvalue weighted by Crippen LogP contribution is 2.30. The molecular weight excluding hydrogens is 284 g/mol. The largest absolute Gasteiger partial charge is 0.545 e. The van der Waals surface area contributed by atoms with Gasteiger partial charge in [0.15, 0.2) is 11.5 Å². The minimum absolute atomic E-state index is 0.126. The quantitative estimate of drug-likeness (QED) is 0.678. The number of carbonyl (C=O) groups excluding carboxylic acids is 1. The molecule has 0 aliphatic carbocycles. The molecule has 2 aromatic rings. The van der Waals surface area contributed by atoms with Crippen molar-refractivity contribution in [2.75, 3.05) is 18.6 Å². The second-order valence-corrected chi connectivity index (χ2v) is 4.64. The average molecular weight is 297 g/mol. The zero-order valence-electron chi connectivity index (χ0n) is 11.6. The van der Waals surface area contributed by atoms with Crippen molar-refractivity contribution in [1.82, 2.24) is 0 Å². The summed E-state index contributed by atoms with van der Waals surface area (Å²) in [6.45, 7) is 1.10. The molecule has 3 rings (SSSR count). The van der Waals surface area contributed by atoms with Crippen molar-refractivity contribution < 1.29 is 19.4 Å². The van der Waals surface area contributed by atoms with Gasteiger partial charge < -0.3 is 19.4 Å². The molecule has 2 aromatic carbocycles. The van der Waals surface area contributed by atoms with Gasteiger partial charge in [-0.25, -0.2) is 0 Å². The third-order valence-corrected chi connectivity index (χ3v) is 3.09. The van der Waals surface area contributed by atoms with Crippen LogP contribution in [0.4, 0.5) is 5.69 Å². The average Bonchev–Trinajstić information content (AvgIpc) is 2.55. The van der Waals surface area contributed by atoms with Crippen LogP contribution in [0.5, 0.6) is 11.5 Å². The fourth-order valence-electron chi connectivity index (χ4n) is 2.00. The number of carboxylic acid groups (broad SMARTS) is 1. The summed E-state index contributed by atoms with van der Waals surface area (Å²) in [4.78, 5) is 10.6. The fourth-order valence-corrected chi connectivity index (χ4v) is 2.00. The molecule has 0 aromatic heterocycles. The lowest BCUT2D eigenvalue weighted by atomic mass is 10.2. The van der Waals surface area contributed by atoms with Gasteiger partial charge in [0.05, 0.1) is 17.9 Å². The molecule has 1 N–H and O–H groups in total. The molecular formula is C16H13N2O4-. The van der Waals surface area contributed by atoms with E-state index in [4.69, 9.17) is 9.47 Å². The molecule has 1 aliphatic heterocycles. The predicted octanol–water partition coefficient (Wildman–Crippen LogP) is 1.27. The number of ether oxygens (including phenoxy) is 2. The molecule has 0 unspecified atom stereocenters. The number of anilines is 1. The first kappa shape index (κ1) is 13.9. The molecule has 0 amide bonds. The summed E-state index contributed by atoms with van der Waals surface area (Å²) in [7, 11) is 0. The Balaban J connectivity index is 1.65. The molecule has 6 nitrogen and oxygen atoms in total. The van der Waals surface area contributed by atoms with E-state index in [2.05, 4.69) is 10.5 Å². The number of hydrazone groups is 1. The Hall–Kier alpha value is -3.02. The molecule has 0 saturated carbocycles. The first-order valence-corrected chi connectivity index (χ1v) is 6.72. The van der Waals surface area contributed by atoms with Crippen LogP contribution in [0.1, 0.15) is 15.9 Å². The maximum atomic E-state index is 10.6. The Labute approximate surface area is 127 Å². The molecule has 0 radical (unpaired) electrons. The highest BCUT2D eigenvalue weighted by molar-refractivity contribution is 5.86. The summed E-state index contributed by atoms with van der Waals surface area (Å²) in [5.41, 5.74) is 4.49. The zero-order chi connectivity index (χ0) is 15.4. The minimum Gasteiger partial charge on any atom is -0.545 e. The Morgan fingerprint density at radius 1 is 1.09 bits per heavy atom. The van der Waals surface area contributed by atoms with E-state index < -0.39 is 5.97 Å². The van der Waals surface area contributed by atoms with Crippen molar-refractivity contribution >= 4 is 17.9 Å². The number of hydrogen-bond acceptors (Lipinski definition) is 6. The summed E-state index contributed by atoms with van der Waals surface area (Å²) in [6, 6.07) is 11.7. The van der Waals surface area contributed by atoms with Crippen molar-refractivity contribution in [3.05, 3.63) is 53.6 Å². The Morgan fingerprint density at radius 3 is 2.55 bits per heavy atom. The van der Waals surface area contributed by atoms with Crippen LogP contribution in [-0.2, 0) is 0 Å². The van der Waals surface area contributed by atoms with Crippen LogP contribution >= 0.6 is 0 Å². The topological polar surface area (TPSA) is 83.0 Å². The maximum Gasteiger partial charge on any atom is 0.162 e. The van der Waals surface area contributed by atoms with Gasteiger partial charge in [0, 0.05) is 0 Å². The Bertz CT molecular complexity index is 711. The lowest BCUT2D eigenvalue weighted by Crippen LogP contribution is -2.21. The van der Waals surface area contributed by atoms with Gasteiger partial charge in [-0.2, -0.15) is 5.10 Å². The van der Waals surface area contributed by atoms with Crippen molar-refractivity contribution in [1.29, 1.82) is 0 Å². The van der Waals surface area contributed by atoms with Crippen LogP contribution in [-0.4, -0.2) is 25.4 Å². The van der Waals surface area contributed by atoms with Crippen LogP contribution in [0.25, 0.3) is 0 Å². The molecule has 6 heteroatoms. The number of nitrogens with zero attached hydrogens (tertiary/aromatic N) is 1. The van der Waals surface area contributed by atoms with Crippen LogP contribution in [0, 0.1) is 0 Å². The van der Waals surface area contributed by atoms with E-state index in [1.807, 2.05) is 18.2 Å². The molecule has 0 bridgehead atoms. The van der Waals surface area contributed by atoms with Gasteiger partial charge in [-0.1, -0.05) is 12.1 Å². The first-order chi connectivity index (χ1) is 10.7. The van der Waals surface area contributed by atoms with E-state index >= 15 is 0 Å². The number of nitrogens with one attached hydrogen (secondary N) is 1. The number of aromatic carboxylic acids is 1. The SMILES string of the molecule is O=C([O-])c1ccc(N/N=C\c2ccc3c(c2)OCCO3)cc1. The van der Waals surface area contributed by atoms with Gasteiger partial charge in [-0.05, 0) is 41.5 Å². The summed E-state index contributed by atoms with van der Waals surface area (Å²) >= 11 is 0. The predicted molar refractivity (Wildman–Crippen MR) is 79.4 cm³/mol. The van der Waals surface area contributed by atoms with E-state index in [0.717, 1.165) is 11.3 Å². The summed E-state index contributed by atoms with van der Waals surface area (Å²) < 4.78 is 10.9. The van der Waals surface area contributed by atoms with Crippen molar-refractivity contribution in [3.63, 3.8) is 0 Å². The van der Waals surface area contributed by atoms with Crippen molar-refractivity contribution in [2.45, 2.75) is 0 Å². The van der Waals surface area contributed by atoms with E-state index in [1.165, 1.54) is 12.1 Å². The van der Waals surface area contributed by atoms with E-state index in [-0.39, 0.29) is 5.56 Å². The molecule has 0 spiro atoms. The molecule has 1 heterocycles. The maximum absolute atomic E-state index is 10.6. The molecule has 112 valence electrons. The van der Waals surface area contributed by atoms with Gasteiger partial charge in [0.2, 0.25) is 0 Å². The molecule has 0 atom stereocenters. The summed E-state index contributed by atoms with van der Waals surface area (Å²) in [5, 5.41) is 14.7. The van der Waals surface area contributed by atoms with Crippen LogP contribution in [0.15, 0.2) is 47.6 Å². The number of fused-ring (bicyclic) bond motifs is 1. The van der Waals surface area contributed by atoms with Crippen LogP contribution in [0.3, 0.4) is 0 Å². The number of hydrogen-bond donors (Lipinski definition) is 1. The van der Waals surface area contributed by atoms with Crippen molar-refractivity contribution in [2.24, 2.45) is 5.10 Å². The monoisotopic (exact) mass is 297 g/mol. The van der Waals surface area contributed by atoms with Crippen LogP contribution < -0.4 is 20.0 Å². The first-order valence-electron chi connectivity index (χ1n) is 6.72. The standard InChI is InChI=1S/C16H14N2O4/c19-16(20)12-2-4-13(5-3-12)18-17-10-11-1-6-14-15(9-11)22-8-7-21-14/h1-6,9-10,18H,7-8H2,(H,19,20)/p-1/b17-10-. The molecule has 0 fully saturated rings. The van der Waals surface area contributed by atoms with Crippen LogP contribution in [0.2, 0.25) is 0 Å². The van der Waals surface area contributed by atoms with Gasteiger partial charge in [-0.15, -0.1) is 0 Å². The van der Waals surface area contributed by atoms with Gasteiger partial charge >= 0.3 is 0 Å². The zero-order valence-corrected chi connectivity index (χ0v) is 11.6. The highest BCUT2D eigenvalue weighted by atomic mass is 16.6. The summed E-state index contributed by atoms with van der Waals surface area (Å²) in [6.07, 6.45) is 1.64. The molecule has 0 saturated heterocycles. The normalized spacial score (nSPS) is 13.1. The number of carbonyl (C=O) groups is 1.